The van der Waals surface area contributed by atoms with Gasteiger partial charge in [0.15, 0.2) is 12.4 Å². The van der Waals surface area contributed by atoms with Gasteiger partial charge >= 0.3 is 5.97 Å². The number of likely N-dealkylation sites (N-methyl/N-ethyl adjacent to an activating group) is 1. The molecule has 1 fully saturated rings. The third-order valence-corrected chi connectivity index (χ3v) is 10.3. The summed E-state index contributed by atoms with van der Waals surface area (Å²) in [4.78, 5) is 68.8. The van der Waals surface area contributed by atoms with Crippen LogP contribution in [0.25, 0.3) is 0 Å². The van der Waals surface area contributed by atoms with E-state index in [1.807, 2.05) is 80.3 Å². The van der Waals surface area contributed by atoms with E-state index in [-0.39, 0.29) is 18.1 Å². The lowest BCUT2D eigenvalue weighted by Gasteiger charge is -2.47. The number of esters is 1. The number of carbonyl (C=O) groups is 5. The van der Waals surface area contributed by atoms with Crippen LogP contribution in [0.15, 0.2) is 24.3 Å². The van der Waals surface area contributed by atoms with Gasteiger partial charge in [0.2, 0.25) is 0 Å². The highest BCUT2D eigenvalue weighted by molar-refractivity contribution is 5.69. The zero-order valence-electron chi connectivity index (χ0n) is 45.2. The quantitative estimate of drug-likeness (QED) is 0.0261. The topological polar surface area (TPSA) is 212 Å². The van der Waals surface area contributed by atoms with Gasteiger partial charge in [0, 0.05) is 39.9 Å². The van der Waals surface area contributed by atoms with Crippen LogP contribution in [0.1, 0.15) is 148 Å². The van der Waals surface area contributed by atoms with Crippen molar-refractivity contribution in [3.05, 3.63) is 24.3 Å². The summed E-state index contributed by atoms with van der Waals surface area (Å²) in [5, 5.41) is 17.4. The van der Waals surface area contributed by atoms with E-state index < -0.39 is 42.4 Å². The molecule has 0 aromatic carbocycles. The molecule has 12 unspecified atom stereocenters. The maximum absolute atomic E-state index is 12.1. The monoisotopic (exact) mass is 970 g/mol. The first-order valence-corrected chi connectivity index (χ1v) is 23.5. The fourth-order valence-corrected chi connectivity index (χ4v) is 6.65. The van der Waals surface area contributed by atoms with Crippen molar-refractivity contribution in [3.63, 3.8) is 0 Å². The van der Waals surface area contributed by atoms with E-state index in [9.17, 15) is 19.5 Å². The molecule has 0 aromatic rings. The number of hydrogen-bond donors (Lipinski definition) is 2. The maximum Gasteiger partial charge on any atom is 0.306 e. The van der Waals surface area contributed by atoms with Gasteiger partial charge in [-0.2, -0.15) is 0 Å². The van der Waals surface area contributed by atoms with Gasteiger partial charge < -0.3 is 53.2 Å². The van der Waals surface area contributed by atoms with Gasteiger partial charge in [0.05, 0.1) is 39.1 Å². The molecule has 0 saturated carbocycles. The molecular weight excluding hydrogens is 871 g/mol. The minimum absolute atomic E-state index is 0.0390. The molecule has 1 rings (SSSR count). The first-order valence-electron chi connectivity index (χ1n) is 23.5. The van der Waals surface area contributed by atoms with E-state index >= 15 is 0 Å². The van der Waals surface area contributed by atoms with Gasteiger partial charge in [-0.3, -0.25) is 9.59 Å². The molecule has 0 spiro atoms. The molecule has 12 atom stereocenters. The molecule has 17 heteroatoms. The SMILES string of the molecule is C=O.CC=O.CCC=O.CCCC(=O)OC1C(C)OC(OC(C(C)OOCC)C(C(C)O)N(C)C)CC1(C)OC.CCCC(CC)CC(C)C(C)/C=C/C=C/CC(C)OC=O.CO.COOC. The lowest BCUT2D eigenvalue weighted by Crippen LogP contribution is -2.60. The van der Waals surface area contributed by atoms with Crippen LogP contribution in [0.5, 0.6) is 0 Å². The predicted octanol–water partition coefficient (Wildman–Crippen LogP) is 8.25. The molecule has 2 N–H and O–H groups in total. The number of methoxy groups -OCH3 is 1. The van der Waals surface area contributed by atoms with Crippen molar-refractivity contribution in [2.75, 3.05) is 49.1 Å². The number of ether oxygens (including phenoxy) is 5. The third kappa shape index (κ3) is 40.6. The average molecular weight is 970 g/mol. The molecule has 0 amide bonds. The zero-order valence-corrected chi connectivity index (χ0v) is 45.2. The van der Waals surface area contributed by atoms with Gasteiger partial charge in [-0.05, 0) is 93.2 Å². The van der Waals surface area contributed by atoms with Crippen LogP contribution in [0.4, 0.5) is 0 Å². The molecule has 0 aromatic heterocycles. The van der Waals surface area contributed by atoms with Crippen molar-refractivity contribution in [3.8, 4) is 0 Å². The van der Waals surface area contributed by atoms with Gasteiger partial charge in [0.1, 0.15) is 43.3 Å². The molecule has 1 saturated heterocycles. The molecule has 0 aliphatic carbocycles. The van der Waals surface area contributed by atoms with Gasteiger partial charge in [-0.1, -0.05) is 85.1 Å². The minimum Gasteiger partial charge on any atom is -0.465 e. The lowest BCUT2D eigenvalue weighted by molar-refractivity contribution is -0.358. The number of carbonyl (C=O) groups excluding carboxylic acids is 5. The zero-order chi connectivity index (χ0) is 53.4. The minimum atomic E-state index is -0.793. The van der Waals surface area contributed by atoms with Crippen molar-refractivity contribution in [1.29, 1.82) is 0 Å². The molecule has 0 radical (unpaired) electrons. The summed E-state index contributed by atoms with van der Waals surface area (Å²) in [5.74, 6) is 1.93. The molecule has 1 aliphatic rings. The highest BCUT2D eigenvalue weighted by Gasteiger charge is 2.50. The Balaban J connectivity index is -0.000000222. The number of hydrogen-bond acceptors (Lipinski definition) is 17. The summed E-state index contributed by atoms with van der Waals surface area (Å²) in [6, 6.07) is -0.372. The van der Waals surface area contributed by atoms with Crippen LogP contribution in [-0.4, -0.2) is 151 Å². The van der Waals surface area contributed by atoms with Crippen molar-refractivity contribution < 1.29 is 77.4 Å². The van der Waals surface area contributed by atoms with Crippen LogP contribution in [0, 0.1) is 17.8 Å². The van der Waals surface area contributed by atoms with Crippen molar-refractivity contribution in [1.82, 2.24) is 4.90 Å². The fraction of sp³-hybridized carbons (Fsp3) is 0.820. The van der Waals surface area contributed by atoms with E-state index in [2.05, 4.69) is 55.7 Å². The first kappa shape index (κ1) is 75.5. The molecule has 17 nitrogen and oxygen atoms in total. The highest BCUT2D eigenvalue weighted by Crippen LogP contribution is 2.36. The van der Waals surface area contributed by atoms with Gasteiger partial charge in [0.25, 0.3) is 6.47 Å². The van der Waals surface area contributed by atoms with E-state index in [1.54, 1.807) is 14.0 Å². The molecule has 400 valence electrons. The largest absolute Gasteiger partial charge is 0.465 e. The van der Waals surface area contributed by atoms with Crippen LogP contribution in [-0.2, 0) is 67.2 Å². The molecule has 67 heavy (non-hydrogen) atoms. The first-order chi connectivity index (χ1) is 31.8. The van der Waals surface area contributed by atoms with Crippen LogP contribution in [0.3, 0.4) is 0 Å². The number of allylic oxidation sites excluding steroid dienone is 3. The van der Waals surface area contributed by atoms with E-state index in [0.29, 0.717) is 44.7 Å². The van der Waals surface area contributed by atoms with Crippen molar-refractivity contribution in [2.45, 2.75) is 202 Å². The summed E-state index contributed by atoms with van der Waals surface area (Å²) >= 11 is 0. The molecular formula is C50H99NO16. The van der Waals surface area contributed by atoms with E-state index in [0.717, 1.165) is 37.9 Å². The molecule has 0 bridgehead atoms. The summed E-state index contributed by atoms with van der Waals surface area (Å²) in [6.07, 6.45) is 14.8. The lowest BCUT2D eigenvalue weighted by atomic mass is 9.83. The predicted molar refractivity (Wildman–Crippen MR) is 264 cm³/mol. The Morgan fingerprint density at radius 1 is 0.940 bits per heavy atom. The summed E-state index contributed by atoms with van der Waals surface area (Å²) < 4.78 is 28.8. The summed E-state index contributed by atoms with van der Waals surface area (Å²) in [7, 11) is 9.24. The van der Waals surface area contributed by atoms with Crippen LogP contribution in [0.2, 0.25) is 0 Å². The van der Waals surface area contributed by atoms with E-state index in [1.165, 1.54) is 46.8 Å². The fourth-order valence-electron chi connectivity index (χ4n) is 6.65. The number of aldehydes is 2. The van der Waals surface area contributed by atoms with Gasteiger partial charge in [-0.25, -0.2) is 19.6 Å². The smallest absolute Gasteiger partial charge is 0.306 e. The second kappa shape index (κ2) is 52.4. The maximum atomic E-state index is 12.1. The average Bonchev–Trinajstić information content (AvgIpc) is 3.30. The summed E-state index contributed by atoms with van der Waals surface area (Å²) in [5.41, 5.74) is -0.793. The van der Waals surface area contributed by atoms with Crippen LogP contribution < -0.4 is 0 Å². The Morgan fingerprint density at radius 3 is 1.90 bits per heavy atom. The van der Waals surface area contributed by atoms with Crippen molar-refractivity contribution in [2.24, 2.45) is 17.8 Å². The van der Waals surface area contributed by atoms with Gasteiger partial charge in [-0.15, -0.1) is 0 Å². The van der Waals surface area contributed by atoms with Crippen molar-refractivity contribution >= 4 is 31.8 Å². The Hall–Kier alpha value is -2.97. The third-order valence-electron chi connectivity index (χ3n) is 10.3. The second-order valence-electron chi connectivity index (χ2n) is 16.0. The Kier molecular flexibility index (Phi) is 59.1. The number of aliphatic hydroxyl groups excluding tert-OH is 2. The normalized spacial score (nSPS) is 20.9. The Morgan fingerprint density at radius 2 is 1.49 bits per heavy atom. The van der Waals surface area contributed by atoms with E-state index in [4.69, 9.17) is 48.2 Å². The Bertz CT molecular complexity index is 1150. The Labute approximate surface area is 406 Å². The molecule has 1 aliphatic heterocycles. The number of aliphatic hydroxyl groups is 2. The standard InChI is InChI=1S/C22H43NO8.C19H34O2.C3H6O.C2H6O2.C2H4O.CH4O.CH2O/c1-10-12-17(25)29-21-16(5)28-18(13-22(21,6)26-9)30-20(15(4)31-27-11-2)19(14(3)24)23(7)8;1-6-11-19(7-2)14-17(4)16(3)12-9-8-10-13-18(5)21-15-20;1-2-3-4;1-3-4-2;1-2-3;2*1-2/h14-16,18-21,24H,10-13H2,1-9H3;8-10,12,15-19H,6-7,11,13-14H2,1-5H3;3H,2H2,1H3;1-2H3;2H,1H3;2H,1H3;1H2/b;10-8+,12-9+;;;;;. The van der Waals surface area contributed by atoms with Crippen LogP contribution >= 0.6 is 0 Å². The highest BCUT2D eigenvalue weighted by atomic mass is 17.2. The molecule has 1 heterocycles. The summed E-state index contributed by atoms with van der Waals surface area (Å²) in [6.45, 7) is 28.3. The number of rotatable bonds is 27. The second-order valence-corrected chi connectivity index (χ2v) is 16.0. The number of nitrogens with zero attached hydrogens (tertiary/aromatic N) is 1.